The molecule has 2 fully saturated rings. The van der Waals surface area contributed by atoms with Crippen LogP contribution in [0.5, 0.6) is 0 Å². The molecule has 20 heavy (non-hydrogen) atoms. The van der Waals surface area contributed by atoms with Gasteiger partial charge >= 0.3 is 0 Å². The molecule has 1 aliphatic heterocycles. The van der Waals surface area contributed by atoms with Gasteiger partial charge in [0, 0.05) is 29.8 Å². The molecule has 1 heterocycles. The highest BCUT2D eigenvalue weighted by molar-refractivity contribution is 6.30. The quantitative estimate of drug-likeness (QED) is 0.876. The maximum Gasteiger partial charge on any atom is 0.0635 e. The Kier molecular flexibility index (Phi) is 4.49. The van der Waals surface area contributed by atoms with Gasteiger partial charge in [-0.25, -0.2) is 0 Å². The number of nitrogens with zero attached hydrogens (tertiary/aromatic N) is 1. The molecule has 3 rings (SSSR count). The van der Waals surface area contributed by atoms with Gasteiger partial charge in [-0.1, -0.05) is 11.6 Å². The number of rotatable bonds is 5. The first-order valence-corrected chi connectivity index (χ1v) is 8.05. The number of benzene rings is 1. The average Bonchev–Trinajstić information content (AvgIpc) is 3.29. The van der Waals surface area contributed by atoms with Crippen LogP contribution in [0.15, 0.2) is 18.2 Å². The maximum atomic E-state index is 9.61. The van der Waals surface area contributed by atoms with Crippen LogP contribution in [0.1, 0.15) is 37.7 Å². The molecule has 1 unspecified atom stereocenters. The van der Waals surface area contributed by atoms with Gasteiger partial charge in [0.05, 0.1) is 12.6 Å². The zero-order chi connectivity index (χ0) is 13.9. The number of halogens is 1. The van der Waals surface area contributed by atoms with E-state index < -0.39 is 0 Å². The second-order valence-electron chi connectivity index (χ2n) is 5.95. The second kappa shape index (κ2) is 6.33. The molecule has 0 spiro atoms. The lowest BCUT2D eigenvalue weighted by Gasteiger charge is -2.37. The molecule has 1 aromatic rings. The molecule has 1 saturated heterocycles. The van der Waals surface area contributed by atoms with Crippen molar-refractivity contribution >= 4 is 17.3 Å². The molecule has 4 heteroatoms. The van der Waals surface area contributed by atoms with Crippen molar-refractivity contribution in [2.24, 2.45) is 0 Å². The topological polar surface area (TPSA) is 35.5 Å². The fourth-order valence-electron chi connectivity index (χ4n) is 3.03. The van der Waals surface area contributed by atoms with E-state index in [0.717, 1.165) is 24.5 Å². The van der Waals surface area contributed by atoms with E-state index in [9.17, 15) is 5.11 Å². The number of aliphatic hydroxyl groups excluding tert-OH is 1. The van der Waals surface area contributed by atoms with E-state index in [-0.39, 0.29) is 12.6 Å². The van der Waals surface area contributed by atoms with Crippen molar-refractivity contribution in [3.8, 4) is 0 Å². The fraction of sp³-hybridized carbons (Fsp3) is 0.625. The maximum absolute atomic E-state index is 9.61. The zero-order valence-electron chi connectivity index (χ0n) is 11.8. The summed E-state index contributed by atoms with van der Waals surface area (Å²) in [7, 11) is 0. The lowest BCUT2D eigenvalue weighted by atomic mass is 10.00. The molecule has 2 aliphatic rings. The summed E-state index contributed by atoms with van der Waals surface area (Å²) in [5.41, 5.74) is 2.49. The molecule has 0 radical (unpaired) electrons. The van der Waals surface area contributed by atoms with Gasteiger partial charge in [-0.2, -0.15) is 0 Å². The van der Waals surface area contributed by atoms with E-state index >= 15 is 0 Å². The van der Waals surface area contributed by atoms with Crippen LogP contribution in [0.2, 0.25) is 5.02 Å². The van der Waals surface area contributed by atoms with E-state index in [0.29, 0.717) is 6.04 Å². The molecule has 0 aromatic heterocycles. The molecule has 1 aliphatic carbocycles. The second-order valence-corrected chi connectivity index (χ2v) is 6.39. The van der Waals surface area contributed by atoms with E-state index in [1.807, 2.05) is 6.07 Å². The van der Waals surface area contributed by atoms with Gasteiger partial charge in [-0.05, 0) is 55.9 Å². The normalized spacial score (nSPS) is 23.1. The first kappa shape index (κ1) is 14.2. The smallest absolute Gasteiger partial charge is 0.0635 e. The zero-order valence-corrected chi connectivity index (χ0v) is 12.6. The molecule has 1 atom stereocenters. The van der Waals surface area contributed by atoms with Crippen molar-refractivity contribution in [3.05, 3.63) is 28.8 Å². The van der Waals surface area contributed by atoms with E-state index in [4.69, 9.17) is 11.6 Å². The molecule has 0 bridgehead atoms. The minimum absolute atomic E-state index is 0.234. The number of aliphatic hydroxyl groups is 1. The molecule has 3 nitrogen and oxygen atoms in total. The van der Waals surface area contributed by atoms with E-state index in [1.54, 1.807) is 0 Å². The third kappa shape index (κ3) is 3.27. The van der Waals surface area contributed by atoms with Crippen LogP contribution in [-0.2, 0) is 6.54 Å². The third-order valence-electron chi connectivity index (χ3n) is 4.35. The van der Waals surface area contributed by atoms with Gasteiger partial charge in [-0.15, -0.1) is 0 Å². The number of piperidine rings is 1. The summed E-state index contributed by atoms with van der Waals surface area (Å²) in [5.74, 6) is 0. The van der Waals surface area contributed by atoms with Crippen molar-refractivity contribution in [2.45, 2.75) is 50.7 Å². The van der Waals surface area contributed by atoms with Gasteiger partial charge in [0.2, 0.25) is 0 Å². The monoisotopic (exact) mass is 294 g/mol. The molecular formula is C16H23ClN2O. The number of anilines is 1. The summed E-state index contributed by atoms with van der Waals surface area (Å²) in [4.78, 5) is 2.36. The lowest BCUT2D eigenvalue weighted by molar-refractivity contribution is 0.240. The molecule has 110 valence electrons. The SMILES string of the molecule is OCC1CCCCN1c1ccc(Cl)cc1CNC1CC1. The van der Waals surface area contributed by atoms with Crippen LogP contribution in [0.4, 0.5) is 5.69 Å². The Morgan fingerprint density at radius 1 is 1.25 bits per heavy atom. The Balaban J connectivity index is 1.81. The van der Waals surface area contributed by atoms with Gasteiger partial charge in [0.15, 0.2) is 0 Å². The Morgan fingerprint density at radius 2 is 2.10 bits per heavy atom. The highest BCUT2D eigenvalue weighted by atomic mass is 35.5. The van der Waals surface area contributed by atoms with Crippen molar-refractivity contribution in [2.75, 3.05) is 18.1 Å². The Morgan fingerprint density at radius 3 is 2.85 bits per heavy atom. The summed E-state index contributed by atoms with van der Waals surface area (Å²) in [6.45, 7) is 2.14. The minimum Gasteiger partial charge on any atom is -0.394 e. The first-order chi connectivity index (χ1) is 9.78. The molecule has 2 N–H and O–H groups in total. The average molecular weight is 295 g/mol. The third-order valence-corrected chi connectivity index (χ3v) is 4.58. The van der Waals surface area contributed by atoms with Crippen molar-refractivity contribution < 1.29 is 5.11 Å². The van der Waals surface area contributed by atoms with Crippen molar-refractivity contribution in [1.82, 2.24) is 5.32 Å². The van der Waals surface area contributed by atoms with Gasteiger partial charge in [-0.3, -0.25) is 0 Å². The predicted octanol–water partition coefficient (Wildman–Crippen LogP) is 2.94. The molecular weight excluding hydrogens is 272 g/mol. The Labute approximate surface area is 125 Å². The van der Waals surface area contributed by atoms with Crippen LogP contribution in [0.3, 0.4) is 0 Å². The van der Waals surface area contributed by atoms with Crippen molar-refractivity contribution in [3.63, 3.8) is 0 Å². The summed E-state index contributed by atoms with van der Waals surface area (Å²) in [5, 5.41) is 14.0. The largest absolute Gasteiger partial charge is 0.394 e. The van der Waals surface area contributed by atoms with Gasteiger partial charge in [0.25, 0.3) is 0 Å². The summed E-state index contributed by atoms with van der Waals surface area (Å²) < 4.78 is 0. The Hall–Kier alpha value is -0.770. The molecule has 1 saturated carbocycles. The summed E-state index contributed by atoms with van der Waals surface area (Å²) >= 11 is 6.16. The molecule has 0 amide bonds. The summed E-state index contributed by atoms with van der Waals surface area (Å²) in [6, 6.07) is 7.08. The number of hydrogen-bond acceptors (Lipinski definition) is 3. The number of nitrogens with one attached hydrogen (secondary N) is 1. The fourth-order valence-corrected chi connectivity index (χ4v) is 3.22. The predicted molar refractivity (Wildman–Crippen MR) is 83.4 cm³/mol. The standard InChI is InChI=1S/C16H23ClN2O/c17-13-4-7-16(12(9-13)10-18-14-5-6-14)19-8-2-1-3-15(19)11-20/h4,7,9,14-15,18,20H,1-3,5-6,8,10-11H2. The van der Waals surface area contributed by atoms with Crippen LogP contribution in [-0.4, -0.2) is 30.3 Å². The highest BCUT2D eigenvalue weighted by Crippen LogP contribution is 2.30. The van der Waals surface area contributed by atoms with E-state index in [2.05, 4.69) is 22.3 Å². The van der Waals surface area contributed by atoms with Crippen LogP contribution < -0.4 is 10.2 Å². The van der Waals surface area contributed by atoms with Crippen LogP contribution in [0, 0.1) is 0 Å². The summed E-state index contributed by atoms with van der Waals surface area (Å²) in [6.07, 6.45) is 6.08. The first-order valence-electron chi connectivity index (χ1n) is 7.67. The highest BCUT2D eigenvalue weighted by Gasteiger charge is 2.25. The van der Waals surface area contributed by atoms with Gasteiger partial charge < -0.3 is 15.3 Å². The van der Waals surface area contributed by atoms with Gasteiger partial charge in [0.1, 0.15) is 0 Å². The molecule has 1 aromatic carbocycles. The number of hydrogen-bond donors (Lipinski definition) is 2. The van der Waals surface area contributed by atoms with Crippen LogP contribution >= 0.6 is 11.6 Å². The van der Waals surface area contributed by atoms with Crippen LogP contribution in [0.25, 0.3) is 0 Å². The lowest BCUT2D eigenvalue weighted by Crippen LogP contribution is -2.42. The van der Waals surface area contributed by atoms with Crippen molar-refractivity contribution in [1.29, 1.82) is 0 Å². The Bertz CT molecular complexity index is 462. The minimum atomic E-state index is 0.234. The van der Waals surface area contributed by atoms with E-state index in [1.165, 1.54) is 36.9 Å².